The molecule has 0 aliphatic carbocycles. The van der Waals surface area contributed by atoms with E-state index in [2.05, 4.69) is 10.3 Å². The van der Waals surface area contributed by atoms with Crippen LogP contribution >= 0.6 is 0 Å². The third kappa shape index (κ3) is 3.16. The summed E-state index contributed by atoms with van der Waals surface area (Å²) in [6.07, 6.45) is 1.25. The molecule has 0 unspecified atom stereocenters. The van der Waals surface area contributed by atoms with Gasteiger partial charge in [0.05, 0.1) is 14.2 Å². The Labute approximate surface area is 161 Å². The van der Waals surface area contributed by atoms with Gasteiger partial charge in [0.2, 0.25) is 0 Å². The molecule has 6 nitrogen and oxygen atoms in total. The number of carbonyl (C=O) groups excluding carboxylic acids is 1. The topological polar surface area (TPSA) is 73.6 Å². The first-order valence-corrected chi connectivity index (χ1v) is 8.66. The van der Waals surface area contributed by atoms with Crippen LogP contribution in [0, 0.1) is 0 Å². The molecule has 1 aromatic heterocycles. The third-order valence-electron chi connectivity index (χ3n) is 4.47. The number of rotatable bonds is 5. The van der Waals surface area contributed by atoms with Crippen LogP contribution in [-0.4, -0.2) is 25.1 Å². The molecule has 0 bridgehead atoms. The number of ether oxygens (including phenoxy) is 2. The van der Waals surface area contributed by atoms with E-state index in [4.69, 9.17) is 13.9 Å². The lowest BCUT2D eigenvalue weighted by atomic mass is 10.1. The van der Waals surface area contributed by atoms with Crippen molar-refractivity contribution in [1.82, 2.24) is 4.98 Å². The molecule has 28 heavy (non-hydrogen) atoms. The minimum Gasteiger partial charge on any atom is -0.493 e. The SMILES string of the molecule is COc1ccc(-c2ocnc2C(=O)Nc2cccc3ccccc23)cc1OC. The number of benzene rings is 3. The van der Waals surface area contributed by atoms with E-state index in [0.717, 1.165) is 10.8 Å². The van der Waals surface area contributed by atoms with Gasteiger partial charge in [-0.3, -0.25) is 4.79 Å². The van der Waals surface area contributed by atoms with Crippen molar-refractivity contribution in [3.8, 4) is 22.8 Å². The Morgan fingerprint density at radius 2 is 1.75 bits per heavy atom. The number of nitrogens with one attached hydrogen (secondary N) is 1. The van der Waals surface area contributed by atoms with Gasteiger partial charge < -0.3 is 19.2 Å². The molecule has 0 atom stereocenters. The molecule has 0 radical (unpaired) electrons. The van der Waals surface area contributed by atoms with Crippen LogP contribution in [0.25, 0.3) is 22.1 Å². The molecule has 0 spiro atoms. The zero-order chi connectivity index (χ0) is 19.5. The molecule has 4 rings (SSSR count). The smallest absolute Gasteiger partial charge is 0.278 e. The average Bonchev–Trinajstić information content (AvgIpc) is 3.23. The summed E-state index contributed by atoms with van der Waals surface area (Å²) in [5.74, 6) is 1.14. The maximum Gasteiger partial charge on any atom is 0.278 e. The first-order chi connectivity index (χ1) is 13.7. The molecule has 6 heteroatoms. The molecule has 4 aromatic rings. The predicted molar refractivity (Wildman–Crippen MR) is 107 cm³/mol. The Kier molecular flexibility index (Phi) is 4.68. The largest absolute Gasteiger partial charge is 0.493 e. The second-order valence-electron chi connectivity index (χ2n) is 6.08. The van der Waals surface area contributed by atoms with Gasteiger partial charge in [0.1, 0.15) is 0 Å². The molecule has 140 valence electrons. The van der Waals surface area contributed by atoms with Crippen molar-refractivity contribution in [3.05, 3.63) is 72.8 Å². The Morgan fingerprint density at radius 1 is 0.964 bits per heavy atom. The zero-order valence-corrected chi connectivity index (χ0v) is 15.4. The first-order valence-electron chi connectivity index (χ1n) is 8.66. The van der Waals surface area contributed by atoms with Crippen molar-refractivity contribution in [2.45, 2.75) is 0 Å². The fourth-order valence-corrected chi connectivity index (χ4v) is 3.11. The summed E-state index contributed by atoms with van der Waals surface area (Å²) in [6.45, 7) is 0. The van der Waals surface area contributed by atoms with Crippen LogP contribution < -0.4 is 14.8 Å². The molecule has 1 N–H and O–H groups in total. The number of aromatic nitrogens is 1. The van der Waals surface area contributed by atoms with E-state index in [1.807, 2.05) is 42.5 Å². The standard InChI is InChI=1S/C22H18N2O4/c1-26-18-11-10-15(12-19(18)27-2)21-20(23-13-28-21)22(25)24-17-9-5-7-14-6-3-4-8-16(14)17/h3-13H,1-2H3,(H,24,25). The van der Waals surface area contributed by atoms with E-state index in [9.17, 15) is 4.79 Å². The molecule has 0 aliphatic heterocycles. The molecular weight excluding hydrogens is 356 g/mol. The van der Waals surface area contributed by atoms with Crippen molar-refractivity contribution < 1.29 is 18.7 Å². The van der Waals surface area contributed by atoms with Gasteiger partial charge in [-0.15, -0.1) is 0 Å². The van der Waals surface area contributed by atoms with Crippen molar-refractivity contribution in [2.75, 3.05) is 19.5 Å². The summed E-state index contributed by atoms with van der Waals surface area (Å²) >= 11 is 0. The summed E-state index contributed by atoms with van der Waals surface area (Å²) in [5, 5.41) is 4.93. The van der Waals surface area contributed by atoms with Crippen molar-refractivity contribution in [1.29, 1.82) is 0 Å². The van der Waals surface area contributed by atoms with Crippen LogP contribution in [0.15, 0.2) is 71.5 Å². The lowest BCUT2D eigenvalue weighted by Gasteiger charge is -2.10. The second kappa shape index (κ2) is 7.44. The highest BCUT2D eigenvalue weighted by molar-refractivity contribution is 6.10. The van der Waals surface area contributed by atoms with E-state index >= 15 is 0 Å². The molecule has 0 saturated carbocycles. The van der Waals surface area contributed by atoms with Crippen LogP contribution in [0.5, 0.6) is 11.5 Å². The van der Waals surface area contributed by atoms with Crippen molar-refractivity contribution >= 4 is 22.4 Å². The van der Waals surface area contributed by atoms with Crippen LogP contribution in [0.1, 0.15) is 10.5 Å². The van der Waals surface area contributed by atoms with E-state index in [1.54, 1.807) is 32.4 Å². The Bertz CT molecular complexity index is 1140. The number of anilines is 1. The summed E-state index contributed by atoms with van der Waals surface area (Å²) in [6, 6.07) is 18.9. The van der Waals surface area contributed by atoms with E-state index in [-0.39, 0.29) is 11.6 Å². The number of hydrogen-bond acceptors (Lipinski definition) is 5. The maximum atomic E-state index is 12.9. The Morgan fingerprint density at radius 3 is 2.57 bits per heavy atom. The normalized spacial score (nSPS) is 10.6. The summed E-state index contributed by atoms with van der Waals surface area (Å²) < 4.78 is 16.1. The van der Waals surface area contributed by atoms with Gasteiger partial charge in [-0.05, 0) is 29.7 Å². The number of nitrogens with zero attached hydrogens (tertiary/aromatic N) is 1. The number of carbonyl (C=O) groups is 1. The highest BCUT2D eigenvalue weighted by Gasteiger charge is 2.20. The number of amides is 1. The van der Waals surface area contributed by atoms with Crippen LogP contribution in [0.2, 0.25) is 0 Å². The van der Waals surface area contributed by atoms with Gasteiger partial charge in [0.15, 0.2) is 29.3 Å². The van der Waals surface area contributed by atoms with Gasteiger partial charge in [-0.2, -0.15) is 0 Å². The van der Waals surface area contributed by atoms with Gasteiger partial charge in [0.25, 0.3) is 5.91 Å². The van der Waals surface area contributed by atoms with Gasteiger partial charge in [-0.25, -0.2) is 4.98 Å². The lowest BCUT2D eigenvalue weighted by Crippen LogP contribution is -2.13. The zero-order valence-electron chi connectivity index (χ0n) is 15.4. The minimum atomic E-state index is -0.352. The molecule has 3 aromatic carbocycles. The number of hydrogen-bond donors (Lipinski definition) is 1. The Balaban J connectivity index is 1.68. The minimum absolute atomic E-state index is 0.195. The molecule has 0 saturated heterocycles. The molecule has 0 fully saturated rings. The van der Waals surface area contributed by atoms with Crippen LogP contribution in [0.4, 0.5) is 5.69 Å². The fourth-order valence-electron chi connectivity index (χ4n) is 3.11. The first kappa shape index (κ1) is 17.6. The number of fused-ring (bicyclic) bond motifs is 1. The molecule has 0 aliphatic rings. The summed E-state index contributed by atoms with van der Waals surface area (Å²) in [4.78, 5) is 17.0. The van der Waals surface area contributed by atoms with Gasteiger partial charge >= 0.3 is 0 Å². The average molecular weight is 374 g/mol. The number of methoxy groups -OCH3 is 2. The van der Waals surface area contributed by atoms with E-state index < -0.39 is 0 Å². The maximum absolute atomic E-state index is 12.9. The summed E-state index contributed by atoms with van der Waals surface area (Å²) in [5.41, 5.74) is 1.57. The van der Waals surface area contributed by atoms with Crippen molar-refractivity contribution in [3.63, 3.8) is 0 Å². The molecule has 1 amide bonds. The monoisotopic (exact) mass is 374 g/mol. The van der Waals surface area contributed by atoms with Crippen molar-refractivity contribution in [2.24, 2.45) is 0 Å². The highest BCUT2D eigenvalue weighted by atomic mass is 16.5. The summed E-state index contributed by atoms with van der Waals surface area (Å²) in [7, 11) is 3.12. The second-order valence-corrected chi connectivity index (χ2v) is 6.08. The van der Waals surface area contributed by atoms with E-state index in [1.165, 1.54) is 6.39 Å². The van der Waals surface area contributed by atoms with Gasteiger partial charge in [0, 0.05) is 16.6 Å². The predicted octanol–water partition coefficient (Wildman–Crippen LogP) is 4.76. The van der Waals surface area contributed by atoms with Crippen LogP contribution in [-0.2, 0) is 0 Å². The van der Waals surface area contributed by atoms with E-state index in [0.29, 0.717) is 28.5 Å². The van der Waals surface area contributed by atoms with Crippen LogP contribution in [0.3, 0.4) is 0 Å². The third-order valence-corrected chi connectivity index (χ3v) is 4.47. The van der Waals surface area contributed by atoms with Gasteiger partial charge in [-0.1, -0.05) is 36.4 Å². The fraction of sp³-hybridized carbons (Fsp3) is 0.0909. The molecular formula is C22H18N2O4. The lowest BCUT2D eigenvalue weighted by molar-refractivity contribution is 0.102. The highest BCUT2D eigenvalue weighted by Crippen LogP contribution is 2.34. The number of oxazole rings is 1. The molecule has 1 heterocycles. The quantitative estimate of drug-likeness (QED) is 0.545. The Hall–Kier alpha value is -3.80.